The minimum absolute atomic E-state index is 0.465. The van der Waals surface area contributed by atoms with Gasteiger partial charge in [-0.2, -0.15) is 0 Å². The minimum Gasteiger partial charge on any atom is -0.343 e. The van der Waals surface area contributed by atoms with Crippen LogP contribution >= 0.6 is 23.8 Å². The van der Waals surface area contributed by atoms with Crippen LogP contribution < -0.4 is 5.32 Å². The van der Waals surface area contributed by atoms with Crippen LogP contribution in [0, 0.1) is 6.57 Å². The van der Waals surface area contributed by atoms with Crippen LogP contribution in [0.25, 0.3) is 16.0 Å². The fourth-order valence-electron chi connectivity index (χ4n) is 2.80. The van der Waals surface area contributed by atoms with Gasteiger partial charge >= 0.3 is 0 Å². The number of rotatable bonds is 1. The summed E-state index contributed by atoms with van der Waals surface area (Å²) in [5, 5.41) is 3.70. The third kappa shape index (κ3) is 2.56. The van der Waals surface area contributed by atoms with Gasteiger partial charge in [-0.25, -0.2) is 9.83 Å². The first-order valence-corrected chi connectivity index (χ1v) is 8.06. The Kier molecular flexibility index (Phi) is 3.57. The minimum atomic E-state index is 0.465. The maximum atomic E-state index is 7.04. The van der Waals surface area contributed by atoms with E-state index in [9.17, 15) is 0 Å². The Hall–Kier alpha value is -2.68. The van der Waals surface area contributed by atoms with Crippen LogP contribution in [0.4, 0.5) is 11.4 Å². The second-order valence-corrected chi connectivity index (χ2v) is 6.31. The lowest BCUT2D eigenvalue weighted by Crippen LogP contribution is -2.11. The molecule has 3 heterocycles. The van der Waals surface area contributed by atoms with Crippen molar-refractivity contribution >= 4 is 40.2 Å². The molecule has 0 bridgehead atoms. The largest absolute Gasteiger partial charge is 0.343 e. The van der Waals surface area contributed by atoms with Gasteiger partial charge in [0, 0.05) is 12.7 Å². The molecule has 4 nitrogen and oxygen atoms in total. The van der Waals surface area contributed by atoms with E-state index >= 15 is 0 Å². The Morgan fingerprint density at radius 2 is 2.00 bits per heavy atom. The number of nitrogens with one attached hydrogen (secondary N) is 1. The van der Waals surface area contributed by atoms with Gasteiger partial charge in [0.2, 0.25) is 0 Å². The van der Waals surface area contributed by atoms with Gasteiger partial charge in [-0.3, -0.25) is 0 Å². The lowest BCUT2D eigenvalue weighted by Gasteiger charge is -2.07. The number of benzene rings is 1. The second kappa shape index (κ2) is 5.75. The predicted octanol–water partition coefficient (Wildman–Crippen LogP) is 4.90. The number of anilines is 1. The lowest BCUT2D eigenvalue weighted by molar-refractivity contribution is 0.805. The van der Waals surface area contributed by atoms with Crippen LogP contribution in [0.1, 0.15) is 11.3 Å². The number of fused-ring (bicyclic) bond motifs is 2. The Morgan fingerprint density at radius 1 is 1.21 bits per heavy atom. The van der Waals surface area contributed by atoms with Crippen LogP contribution in [-0.2, 0) is 6.54 Å². The summed E-state index contributed by atoms with van der Waals surface area (Å²) in [5.41, 5.74) is 5.63. The number of hydrogen-bond donors (Lipinski definition) is 1. The van der Waals surface area contributed by atoms with E-state index < -0.39 is 0 Å². The molecule has 0 aliphatic carbocycles. The lowest BCUT2D eigenvalue weighted by atomic mass is 10.1. The van der Waals surface area contributed by atoms with Crippen molar-refractivity contribution in [2.45, 2.75) is 6.54 Å². The third-order valence-corrected chi connectivity index (χ3v) is 4.52. The predicted molar refractivity (Wildman–Crippen MR) is 99.8 cm³/mol. The smallest absolute Gasteiger partial charge is 0.187 e. The van der Waals surface area contributed by atoms with Crippen molar-refractivity contribution in [1.82, 2.24) is 9.55 Å². The van der Waals surface area contributed by atoms with Crippen molar-refractivity contribution in [3.8, 4) is 11.1 Å². The molecule has 24 heavy (non-hydrogen) atoms. The van der Waals surface area contributed by atoms with Crippen LogP contribution in [-0.4, -0.2) is 14.5 Å². The molecule has 0 amide bonds. The van der Waals surface area contributed by atoms with E-state index in [0.29, 0.717) is 22.4 Å². The molecule has 2 aromatic heterocycles. The van der Waals surface area contributed by atoms with Crippen molar-refractivity contribution in [2.75, 3.05) is 5.32 Å². The molecule has 1 aliphatic heterocycles. The van der Waals surface area contributed by atoms with Crippen molar-refractivity contribution in [3.63, 3.8) is 0 Å². The van der Waals surface area contributed by atoms with Gasteiger partial charge in [0.15, 0.2) is 5.69 Å². The van der Waals surface area contributed by atoms with Gasteiger partial charge < -0.3 is 9.88 Å². The van der Waals surface area contributed by atoms with Gasteiger partial charge in [0.1, 0.15) is 10.1 Å². The fraction of sp³-hybridized carbons (Fsp3) is 0.0556. The number of thiocarbonyl (C=S) groups is 1. The van der Waals surface area contributed by atoms with Gasteiger partial charge in [0.25, 0.3) is 0 Å². The van der Waals surface area contributed by atoms with Crippen molar-refractivity contribution < 1.29 is 0 Å². The van der Waals surface area contributed by atoms with Gasteiger partial charge in [-0.15, -0.1) is 0 Å². The maximum Gasteiger partial charge on any atom is 0.187 e. The molecule has 3 aromatic rings. The number of pyridine rings is 1. The summed E-state index contributed by atoms with van der Waals surface area (Å²) >= 11 is 11.5. The SMILES string of the molecule is [C-]#[N+]c1ccc(-c2cc3n(c2)Cc2cc(Cl)ncc2NC3=S)cc1. The molecule has 0 unspecified atom stereocenters. The molecule has 0 saturated carbocycles. The Balaban J connectivity index is 1.77. The first kappa shape index (κ1) is 14.9. The van der Waals surface area contributed by atoms with E-state index in [4.69, 9.17) is 30.4 Å². The summed E-state index contributed by atoms with van der Waals surface area (Å²) in [6.07, 6.45) is 3.78. The summed E-state index contributed by atoms with van der Waals surface area (Å²) in [7, 11) is 0. The monoisotopic (exact) mass is 350 g/mol. The van der Waals surface area contributed by atoms with Crippen LogP contribution in [0.5, 0.6) is 0 Å². The summed E-state index contributed by atoms with van der Waals surface area (Å²) in [6, 6.07) is 11.5. The number of halogens is 1. The highest BCUT2D eigenvalue weighted by atomic mass is 35.5. The van der Waals surface area contributed by atoms with E-state index in [1.807, 2.05) is 30.3 Å². The summed E-state index contributed by atoms with van der Waals surface area (Å²) in [4.78, 5) is 8.19. The molecular weight excluding hydrogens is 340 g/mol. The summed E-state index contributed by atoms with van der Waals surface area (Å²) < 4.78 is 2.11. The summed E-state index contributed by atoms with van der Waals surface area (Å²) in [5.74, 6) is 0. The van der Waals surface area contributed by atoms with Crippen molar-refractivity contribution in [3.05, 3.63) is 76.6 Å². The van der Waals surface area contributed by atoms with Crippen LogP contribution in [0.2, 0.25) is 5.15 Å². The number of hydrogen-bond acceptors (Lipinski definition) is 2. The Bertz CT molecular complexity index is 999. The van der Waals surface area contributed by atoms with Crippen LogP contribution in [0.3, 0.4) is 0 Å². The maximum absolute atomic E-state index is 7.04. The zero-order valence-electron chi connectivity index (χ0n) is 12.5. The normalized spacial score (nSPS) is 12.6. The number of nitrogens with zero attached hydrogens (tertiary/aromatic N) is 3. The molecule has 6 heteroatoms. The van der Waals surface area contributed by atoms with Crippen molar-refractivity contribution in [1.29, 1.82) is 0 Å². The van der Waals surface area contributed by atoms with E-state index in [1.54, 1.807) is 6.20 Å². The Morgan fingerprint density at radius 3 is 2.75 bits per heavy atom. The van der Waals surface area contributed by atoms with E-state index in [-0.39, 0.29) is 0 Å². The first-order valence-electron chi connectivity index (χ1n) is 7.28. The quantitative estimate of drug-likeness (QED) is 0.385. The molecule has 0 atom stereocenters. The van der Waals surface area contributed by atoms with Gasteiger partial charge in [0.05, 0.1) is 24.2 Å². The highest BCUT2D eigenvalue weighted by molar-refractivity contribution is 7.81. The molecule has 1 aromatic carbocycles. The fourth-order valence-corrected chi connectivity index (χ4v) is 3.27. The molecule has 1 N–H and O–H groups in total. The summed E-state index contributed by atoms with van der Waals surface area (Å²) in [6.45, 7) is 7.71. The molecule has 1 aliphatic rings. The Labute approximate surface area is 149 Å². The zero-order chi connectivity index (χ0) is 16.7. The number of aromatic nitrogens is 2. The van der Waals surface area contributed by atoms with Crippen LogP contribution in [0.15, 0.2) is 48.8 Å². The highest BCUT2D eigenvalue weighted by Crippen LogP contribution is 2.29. The second-order valence-electron chi connectivity index (χ2n) is 5.52. The highest BCUT2D eigenvalue weighted by Gasteiger charge is 2.18. The molecule has 4 rings (SSSR count). The molecule has 0 fully saturated rings. The van der Waals surface area contributed by atoms with E-state index in [2.05, 4.69) is 32.0 Å². The molecule has 116 valence electrons. The molecule has 0 spiro atoms. The molecule has 0 saturated heterocycles. The standard InChI is InChI=1S/C18H11ClN4S/c1-20-14-4-2-11(3-5-14)12-6-16-18(24)22-15-8-21-17(19)7-13(15)10-23(16)9-12/h2-9H,10H2,(H,22,24). The molecular formula is C18H11ClN4S. The average Bonchev–Trinajstić information content (AvgIpc) is 2.96. The molecule has 0 radical (unpaired) electrons. The van der Waals surface area contributed by atoms with E-state index in [1.165, 1.54) is 0 Å². The third-order valence-electron chi connectivity index (χ3n) is 4.00. The van der Waals surface area contributed by atoms with Gasteiger partial charge in [-0.05, 0) is 28.8 Å². The topological polar surface area (TPSA) is 34.2 Å². The average molecular weight is 351 g/mol. The first-order chi connectivity index (χ1) is 11.6. The van der Waals surface area contributed by atoms with Crippen molar-refractivity contribution in [2.24, 2.45) is 0 Å². The zero-order valence-corrected chi connectivity index (χ0v) is 14.0. The van der Waals surface area contributed by atoms with E-state index in [0.717, 1.165) is 28.1 Å². The van der Waals surface area contributed by atoms with Gasteiger partial charge in [-0.1, -0.05) is 48.1 Å².